The summed E-state index contributed by atoms with van der Waals surface area (Å²) in [6, 6.07) is 0. The normalized spacial score (nSPS) is 37.7. The van der Waals surface area contributed by atoms with Crippen LogP contribution in [0.2, 0.25) is 0 Å². The zero-order valence-corrected chi connectivity index (χ0v) is 7.60. The third-order valence-electron chi connectivity index (χ3n) is 2.80. The van der Waals surface area contributed by atoms with E-state index >= 15 is 0 Å². The van der Waals surface area contributed by atoms with Crippen LogP contribution in [0, 0.1) is 11.3 Å². The number of aliphatic carboxylic acids is 1. The van der Waals surface area contributed by atoms with Gasteiger partial charge in [0, 0.05) is 5.41 Å². The molecular weight excluding hydrogens is 168 g/mol. The molecule has 0 amide bonds. The minimum Gasteiger partial charge on any atom is -0.481 e. The first kappa shape index (κ1) is 9.99. The van der Waals surface area contributed by atoms with Gasteiger partial charge >= 0.3 is 5.97 Å². The maximum Gasteiger partial charge on any atom is 0.303 e. The van der Waals surface area contributed by atoms with Crippen LogP contribution in [0.15, 0.2) is 24.8 Å². The van der Waals surface area contributed by atoms with Crippen LogP contribution in [-0.2, 0) is 4.79 Å². The molecule has 0 aliphatic heterocycles. The number of carbonyl (C=O) groups is 1. The first-order valence-electron chi connectivity index (χ1n) is 4.22. The molecule has 1 aliphatic carbocycles. The predicted octanol–water partition coefficient (Wildman–Crippen LogP) is 1.20. The number of hydrogen-bond acceptors (Lipinski definition) is 2. The highest BCUT2D eigenvalue weighted by atomic mass is 16.4. The lowest BCUT2D eigenvalue weighted by atomic mass is 9.76. The predicted molar refractivity (Wildman–Crippen MR) is 49.2 cm³/mol. The minimum atomic E-state index is -0.850. The molecule has 0 fully saturated rings. The first-order chi connectivity index (χ1) is 6.00. The highest BCUT2D eigenvalue weighted by molar-refractivity contribution is 5.67. The maximum absolute atomic E-state index is 10.5. The molecule has 0 aromatic carbocycles. The molecule has 3 nitrogen and oxygen atoms in total. The quantitative estimate of drug-likeness (QED) is 0.645. The number of allylic oxidation sites excluding steroid dienone is 1. The van der Waals surface area contributed by atoms with E-state index < -0.39 is 17.5 Å². The van der Waals surface area contributed by atoms with Gasteiger partial charge in [-0.05, 0) is 5.92 Å². The molecule has 2 N–H and O–H groups in total. The third kappa shape index (κ3) is 1.65. The second-order valence-electron chi connectivity index (χ2n) is 3.60. The largest absolute Gasteiger partial charge is 0.481 e. The van der Waals surface area contributed by atoms with Crippen molar-refractivity contribution < 1.29 is 15.0 Å². The van der Waals surface area contributed by atoms with E-state index in [1.54, 1.807) is 18.2 Å². The number of carboxylic acid groups (broad SMARTS) is 1. The van der Waals surface area contributed by atoms with Crippen LogP contribution in [-0.4, -0.2) is 22.3 Å². The van der Waals surface area contributed by atoms with E-state index in [0.717, 1.165) is 0 Å². The molecule has 3 atom stereocenters. The van der Waals surface area contributed by atoms with Gasteiger partial charge < -0.3 is 10.2 Å². The van der Waals surface area contributed by atoms with Crippen LogP contribution in [0.5, 0.6) is 0 Å². The molecule has 72 valence electrons. The Kier molecular flexibility index (Phi) is 2.57. The average molecular weight is 182 g/mol. The van der Waals surface area contributed by atoms with Crippen LogP contribution < -0.4 is 0 Å². The lowest BCUT2D eigenvalue weighted by Crippen LogP contribution is -2.32. The summed E-state index contributed by atoms with van der Waals surface area (Å²) < 4.78 is 0. The Morgan fingerprint density at radius 1 is 1.69 bits per heavy atom. The average Bonchev–Trinajstić information content (AvgIpc) is 2.33. The van der Waals surface area contributed by atoms with E-state index in [4.69, 9.17) is 5.11 Å². The van der Waals surface area contributed by atoms with E-state index in [-0.39, 0.29) is 12.3 Å². The smallest absolute Gasteiger partial charge is 0.303 e. The van der Waals surface area contributed by atoms with Crippen molar-refractivity contribution in [3.63, 3.8) is 0 Å². The Labute approximate surface area is 77.4 Å². The van der Waals surface area contributed by atoms with Gasteiger partial charge in [-0.1, -0.05) is 25.2 Å². The summed E-state index contributed by atoms with van der Waals surface area (Å²) in [5, 5.41) is 18.2. The van der Waals surface area contributed by atoms with Gasteiger partial charge in [0.15, 0.2) is 0 Å². The van der Waals surface area contributed by atoms with Crippen molar-refractivity contribution in [2.75, 3.05) is 0 Å². The van der Waals surface area contributed by atoms with Crippen molar-refractivity contribution in [2.24, 2.45) is 11.3 Å². The number of rotatable bonds is 3. The lowest BCUT2D eigenvalue weighted by molar-refractivity contribution is -0.138. The summed E-state index contributed by atoms with van der Waals surface area (Å²) in [5.41, 5.74) is -0.529. The highest BCUT2D eigenvalue weighted by Gasteiger charge is 2.40. The van der Waals surface area contributed by atoms with Gasteiger partial charge in [-0.25, -0.2) is 0 Å². The molecule has 13 heavy (non-hydrogen) atoms. The summed E-state index contributed by atoms with van der Waals surface area (Å²) >= 11 is 0. The van der Waals surface area contributed by atoms with Crippen LogP contribution in [0.1, 0.15) is 13.3 Å². The van der Waals surface area contributed by atoms with Crippen molar-refractivity contribution in [2.45, 2.75) is 19.4 Å². The van der Waals surface area contributed by atoms with Crippen LogP contribution in [0.4, 0.5) is 0 Å². The van der Waals surface area contributed by atoms with E-state index in [0.29, 0.717) is 0 Å². The summed E-state index contributed by atoms with van der Waals surface area (Å²) in [6.07, 6.45) is 4.44. The summed E-state index contributed by atoms with van der Waals surface area (Å²) in [5.74, 6) is -1.01. The maximum atomic E-state index is 10.5. The van der Waals surface area contributed by atoms with Crippen LogP contribution in [0.3, 0.4) is 0 Å². The van der Waals surface area contributed by atoms with Gasteiger partial charge in [0.05, 0.1) is 12.5 Å². The zero-order chi connectivity index (χ0) is 10.1. The molecule has 0 radical (unpaired) electrons. The first-order valence-corrected chi connectivity index (χ1v) is 4.22. The molecule has 3 heteroatoms. The highest BCUT2D eigenvalue weighted by Crippen LogP contribution is 2.41. The fraction of sp³-hybridized carbons (Fsp3) is 0.500. The monoisotopic (exact) mass is 182 g/mol. The molecule has 1 aliphatic rings. The molecule has 0 bridgehead atoms. The molecule has 0 spiro atoms. The summed E-state index contributed by atoms with van der Waals surface area (Å²) in [7, 11) is 0. The summed E-state index contributed by atoms with van der Waals surface area (Å²) in [4.78, 5) is 10.5. The molecule has 0 saturated carbocycles. The van der Waals surface area contributed by atoms with E-state index in [2.05, 4.69) is 6.58 Å². The molecule has 0 aromatic heterocycles. The van der Waals surface area contributed by atoms with Gasteiger partial charge in [-0.3, -0.25) is 4.79 Å². The topological polar surface area (TPSA) is 57.5 Å². The van der Waals surface area contributed by atoms with Gasteiger partial charge in [0.25, 0.3) is 0 Å². The van der Waals surface area contributed by atoms with Gasteiger partial charge in [0.1, 0.15) is 0 Å². The van der Waals surface area contributed by atoms with Crippen LogP contribution >= 0.6 is 0 Å². The number of carboxylic acids is 1. The van der Waals surface area contributed by atoms with Crippen molar-refractivity contribution in [3.05, 3.63) is 24.8 Å². The fourth-order valence-electron chi connectivity index (χ4n) is 1.62. The summed E-state index contributed by atoms with van der Waals surface area (Å²) in [6.45, 7) is 5.45. The number of aliphatic hydroxyl groups excluding tert-OH is 1. The Balaban J connectivity index is 2.81. The standard InChI is InChI=1S/C10H14O3/c1-3-10(2)7(6-9(12)13)4-5-8(10)11/h3-5,7-8,11H,1,6H2,2H3,(H,12,13)/t7-,8-,10-/m1/s1. The Hall–Kier alpha value is -1.09. The molecule has 1 rings (SSSR count). The zero-order valence-electron chi connectivity index (χ0n) is 7.60. The molecule has 0 heterocycles. The Morgan fingerprint density at radius 2 is 2.31 bits per heavy atom. The van der Waals surface area contributed by atoms with E-state index in [1.807, 2.05) is 6.92 Å². The molecule has 0 saturated heterocycles. The Morgan fingerprint density at radius 3 is 2.77 bits per heavy atom. The fourth-order valence-corrected chi connectivity index (χ4v) is 1.62. The molecule has 0 aromatic rings. The second-order valence-corrected chi connectivity index (χ2v) is 3.60. The van der Waals surface area contributed by atoms with Gasteiger partial charge in [-0.2, -0.15) is 0 Å². The van der Waals surface area contributed by atoms with E-state index in [1.165, 1.54) is 0 Å². The Bertz CT molecular complexity index is 257. The van der Waals surface area contributed by atoms with E-state index in [9.17, 15) is 9.90 Å². The van der Waals surface area contributed by atoms with Gasteiger partial charge in [-0.15, -0.1) is 6.58 Å². The number of aliphatic hydroxyl groups is 1. The SMILES string of the molecule is C=C[C@@]1(C)[C@H](O)C=C[C@@H]1CC(=O)O. The number of hydrogen-bond donors (Lipinski definition) is 2. The van der Waals surface area contributed by atoms with Crippen molar-refractivity contribution in [1.29, 1.82) is 0 Å². The third-order valence-corrected chi connectivity index (χ3v) is 2.80. The molecule has 0 unspecified atom stereocenters. The van der Waals surface area contributed by atoms with Crippen molar-refractivity contribution >= 4 is 5.97 Å². The van der Waals surface area contributed by atoms with Crippen molar-refractivity contribution in [3.8, 4) is 0 Å². The van der Waals surface area contributed by atoms with Crippen LogP contribution in [0.25, 0.3) is 0 Å². The lowest BCUT2D eigenvalue weighted by Gasteiger charge is -2.30. The minimum absolute atomic E-state index is 0.0378. The van der Waals surface area contributed by atoms with Crippen molar-refractivity contribution in [1.82, 2.24) is 0 Å². The van der Waals surface area contributed by atoms with Gasteiger partial charge in [0.2, 0.25) is 0 Å². The molecular formula is C10H14O3. The second kappa shape index (κ2) is 3.34.